The lowest BCUT2D eigenvalue weighted by atomic mass is 9.72. The van der Waals surface area contributed by atoms with Gasteiger partial charge in [0.2, 0.25) is 0 Å². The van der Waals surface area contributed by atoms with Crippen LogP contribution in [0.1, 0.15) is 36.8 Å². The molecule has 0 fully saturated rings. The highest BCUT2D eigenvalue weighted by Crippen LogP contribution is 2.42. The Bertz CT molecular complexity index is 643. The monoisotopic (exact) mass is 285 g/mol. The predicted molar refractivity (Wildman–Crippen MR) is 82.9 cm³/mol. The van der Waals surface area contributed by atoms with Crippen LogP contribution in [0.4, 0.5) is 10.1 Å². The fraction of sp³-hybridized carbons (Fsp3) is 0.333. The van der Waals surface area contributed by atoms with Gasteiger partial charge in [0.1, 0.15) is 5.82 Å². The van der Waals surface area contributed by atoms with Crippen LogP contribution < -0.4 is 5.32 Å². The van der Waals surface area contributed by atoms with Gasteiger partial charge in [0.15, 0.2) is 0 Å². The van der Waals surface area contributed by atoms with Gasteiger partial charge >= 0.3 is 0 Å². The molecule has 0 amide bonds. The van der Waals surface area contributed by atoms with E-state index in [0.717, 1.165) is 18.4 Å². The quantitative estimate of drug-likeness (QED) is 0.892. The van der Waals surface area contributed by atoms with Gasteiger partial charge in [0.05, 0.1) is 12.1 Å². The summed E-state index contributed by atoms with van der Waals surface area (Å²) < 4.78 is 13.4. The van der Waals surface area contributed by atoms with Gasteiger partial charge in [-0.2, -0.15) is 0 Å². The molecule has 0 aliphatic heterocycles. The maximum Gasteiger partial charge on any atom is 0.125 e. The molecule has 21 heavy (non-hydrogen) atoms. The van der Waals surface area contributed by atoms with Gasteiger partial charge in [-0.1, -0.05) is 37.3 Å². The normalized spacial score (nSPS) is 24.4. The first-order chi connectivity index (χ1) is 10.1. The molecule has 2 N–H and O–H groups in total. The van der Waals surface area contributed by atoms with E-state index in [1.165, 1.54) is 17.7 Å². The molecule has 1 aliphatic rings. The lowest BCUT2D eigenvalue weighted by Gasteiger charge is -2.41. The second-order valence-corrected chi connectivity index (χ2v) is 5.90. The van der Waals surface area contributed by atoms with E-state index in [1.54, 1.807) is 6.07 Å². The molecule has 2 unspecified atom stereocenters. The summed E-state index contributed by atoms with van der Waals surface area (Å²) in [7, 11) is 0. The van der Waals surface area contributed by atoms with E-state index in [9.17, 15) is 9.50 Å². The van der Waals surface area contributed by atoms with E-state index in [1.807, 2.05) is 18.2 Å². The predicted octanol–water partition coefficient (Wildman–Crippen LogP) is 4.02. The second-order valence-electron chi connectivity index (χ2n) is 5.90. The van der Waals surface area contributed by atoms with Crippen molar-refractivity contribution in [1.29, 1.82) is 0 Å². The first-order valence-electron chi connectivity index (χ1n) is 7.39. The fourth-order valence-corrected chi connectivity index (χ4v) is 3.29. The Kier molecular flexibility index (Phi) is 3.68. The van der Waals surface area contributed by atoms with Crippen molar-refractivity contribution in [2.45, 2.75) is 31.2 Å². The maximum atomic E-state index is 13.4. The van der Waals surface area contributed by atoms with Gasteiger partial charge < -0.3 is 10.4 Å². The highest BCUT2D eigenvalue weighted by Gasteiger charge is 2.38. The van der Waals surface area contributed by atoms with Crippen molar-refractivity contribution >= 4 is 5.69 Å². The van der Waals surface area contributed by atoms with E-state index in [-0.39, 0.29) is 12.4 Å². The number of hydrogen-bond acceptors (Lipinski definition) is 2. The number of rotatable bonds is 3. The zero-order valence-electron chi connectivity index (χ0n) is 12.1. The summed E-state index contributed by atoms with van der Waals surface area (Å²) in [6, 6.07) is 14.6. The first-order valence-corrected chi connectivity index (χ1v) is 7.39. The number of benzene rings is 2. The van der Waals surface area contributed by atoms with Crippen LogP contribution >= 0.6 is 0 Å². The standard InChI is InChI=1S/C18H20FNO/c1-13-9-10-18(12-21,17-8-3-2-7-16(13)17)20-15-6-4-5-14(19)11-15/h2-8,11,13,20-21H,9-10,12H2,1H3. The topological polar surface area (TPSA) is 32.3 Å². The molecule has 2 nitrogen and oxygen atoms in total. The van der Waals surface area contributed by atoms with Crippen molar-refractivity contribution in [2.75, 3.05) is 11.9 Å². The van der Waals surface area contributed by atoms with Crippen molar-refractivity contribution in [3.05, 3.63) is 65.5 Å². The third-order valence-corrected chi connectivity index (χ3v) is 4.49. The average molecular weight is 285 g/mol. The summed E-state index contributed by atoms with van der Waals surface area (Å²) in [5.74, 6) is 0.209. The van der Waals surface area contributed by atoms with E-state index in [4.69, 9.17) is 0 Å². The molecule has 2 aromatic rings. The molecule has 0 saturated carbocycles. The minimum Gasteiger partial charge on any atom is -0.394 e. The number of aliphatic hydroxyl groups excluding tert-OH is 1. The fourth-order valence-electron chi connectivity index (χ4n) is 3.29. The Morgan fingerprint density at radius 3 is 2.81 bits per heavy atom. The molecule has 0 spiro atoms. The van der Waals surface area contributed by atoms with Crippen LogP contribution in [-0.2, 0) is 5.54 Å². The van der Waals surface area contributed by atoms with Gasteiger partial charge in [0, 0.05) is 5.69 Å². The number of hydrogen-bond donors (Lipinski definition) is 2. The smallest absolute Gasteiger partial charge is 0.125 e. The molecule has 0 heterocycles. The summed E-state index contributed by atoms with van der Waals surface area (Å²) >= 11 is 0. The van der Waals surface area contributed by atoms with Crippen molar-refractivity contribution < 1.29 is 9.50 Å². The van der Waals surface area contributed by atoms with Crippen LogP contribution in [0.15, 0.2) is 48.5 Å². The van der Waals surface area contributed by atoms with Gasteiger partial charge in [0.25, 0.3) is 0 Å². The molecule has 2 atom stereocenters. The summed E-state index contributed by atoms with van der Waals surface area (Å²) in [6.07, 6.45) is 1.83. The molecule has 0 saturated heterocycles. The Morgan fingerprint density at radius 1 is 1.24 bits per heavy atom. The van der Waals surface area contributed by atoms with Crippen molar-refractivity contribution in [2.24, 2.45) is 0 Å². The molecule has 0 radical (unpaired) electrons. The molecule has 1 aliphatic carbocycles. The summed E-state index contributed by atoms with van der Waals surface area (Å²) in [4.78, 5) is 0. The van der Waals surface area contributed by atoms with Crippen LogP contribution in [0.25, 0.3) is 0 Å². The van der Waals surface area contributed by atoms with E-state index in [0.29, 0.717) is 11.6 Å². The van der Waals surface area contributed by atoms with E-state index < -0.39 is 5.54 Å². The number of aliphatic hydroxyl groups is 1. The summed E-state index contributed by atoms with van der Waals surface area (Å²) in [5, 5.41) is 13.4. The van der Waals surface area contributed by atoms with Gasteiger partial charge in [-0.05, 0) is 48.1 Å². The van der Waals surface area contributed by atoms with E-state index >= 15 is 0 Å². The molecule has 110 valence electrons. The number of fused-ring (bicyclic) bond motifs is 1. The van der Waals surface area contributed by atoms with Crippen LogP contribution in [0.2, 0.25) is 0 Å². The molecule has 0 bridgehead atoms. The lowest BCUT2D eigenvalue weighted by molar-refractivity contribution is 0.190. The van der Waals surface area contributed by atoms with Crippen LogP contribution in [0.3, 0.4) is 0 Å². The van der Waals surface area contributed by atoms with Crippen LogP contribution in [0.5, 0.6) is 0 Å². The zero-order valence-corrected chi connectivity index (χ0v) is 12.1. The number of nitrogens with one attached hydrogen (secondary N) is 1. The first kappa shape index (κ1) is 14.1. The molecule has 3 heteroatoms. The van der Waals surface area contributed by atoms with Gasteiger partial charge in [-0.25, -0.2) is 4.39 Å². The minimum absolute atomic E-state index is 0.00670. The van der Waals surface area contributed by atoms with Crippen LogP contribution in [0, 0.1) is 5.82 Å². The Balaban J connectivity index is 2.03. The average Bonchev–Trinajstić information content (AvgIpc) is 2.51. The Hall–Kier alpha value is -1.87. The van der Waals surface area contributed by atoms with Crippen molar-refractivity contribution in [3.8, 4) is 0 Å². The Labute approximate surface area is 124 Å². The molecular weight excluding hydrogens is 265 g/mol. The maximum absolute atomic E-state index is 13.4. The summed E-state index contributed by atoms with van der Waals surface area (Å²) in [5.41, 5.74) is 2.56. The highest BCUT2D eigenvalue weighted by atomic mass is 19.1. The number of anilines is 1. The second kappa shape index (κ2) is 5.49. The minimum atomic E-state index is -0.531. The highest BCUT2D eigenvalue weighted by molar-refractivity contribution is 5.51. The van der Waals surface area contributed by atoms with Crippen LogP contribution in [-0.4, -0.2) is 11.7 Å². The number of halogens is 1. The zero-order chi connectivity index (χ0) is 14.9. The molecule has 2 aromatic carbocycles. The third-order valence-electron chi connectivity index (χ3n) is 4.49. The van der Waals surface area contributed by atoms with Crippen molar-refractivity contribution in [1.82, 2.24) is 0 Å². The SMILES string of the molecule is CC1CCC(CO)(Nc2cccc(F)c2)c2ccccc21. The van der Waals surface area contributed by atoms with Gasteiger partial charge in [-0.3, -0.25) is 0 Å². The largest absolute Gasteiger partial charge is 0.394 e. The summed E-state index contributed by atoms with van der Waals surface area (Å²) in [6.45, 7) is 2.20. The van der Waals surface area contributed by atoms with Crippen molar-refractivity contribution in [3.63, 3.8) is 0 Å². The Morgan fingerprint density at radius 2 is 2.05 bits per heavy atom. The molecule has 3 rings (SSSR count). The van der Waals surface area contributed by atoms with Gasteiger partial charge in [-0.15, -0.1) is 0 Å². The third kappa shape index (κ3) is 2.54. The van der Waals surface area contributed by atoms with E-state index in [2.05, 4.69) is 24.4 Å². The molecular formula is C18H20FNO. The molecule has 0 aromatic heterocycles. The lowest BCUT2D eigenvalue weighted by Crippen LogP contribution is -2.42.